The van der Waals surface area contributed by atoms with Gasteiger partial charge in [0.05, 0.1) is 0 Å². The molecule has 0 saturated heterocycles. The third kappa shape index (κ3) is 5.50. The molecule has 0 aliphatic heterocycles. The highest BCUT2D eigenvalue weighted by Crippen LogP contribution is 2.51. The maximum atomic E-state index is 13.4. The van der Waals surface area contributed by atoms with Crippen LogP contribution >= 0.6 is 19.1 Å². The lowest BCUT2D eigenvalue weighted by Crippen LogP contribution is -2.23. The van der Waals surface area contributed by atoms with E-state index in [0.717, 1.165) is 17.8 Å². The molecular weight excluding hydrogens is 374 g/mol. The molecule has 2 aromatic carbocycles. The molecule has 0 aliphatic rings. The van der Waals surface area contributed by atoms with E-state index in [9.17, 15) is 17.7 Å². The van der Waals surface area contributed by atoms with Gasteiger partial charge in [0.1, 0.15) is 0 Å². The lowest BCUT2D eigenvalue weighted by Gasteiger charge is -2.26. The smallest absolute Gasteiger partial charge is 0.316 e. The van der Waals surface area contributed by atoms with Gasteiger partial charge in [-0.15, -0.1) is 0 Å². The summed E-state index contributed by atoms with van der Waals surface area (Å²) in [6, 6.07) is 10.2. The number of halogens is 4. The second-order valence-corrected chi connectivity index (χ2v) is 8.40. The highest BCUT2D eigenvalue weighted by molar-refractivity contribution is 7.59. The second-order valence-electron chi connectivity index (χ2n) is 5.84. The topological polar surface area (TPSA) is 38.3 Å². The lowest BCUT2D eigenvalue weighted by molar-refractivity contribution is -0.197. The molecule has 2 atom stereocenters. The second kappa shape index (κ2) is 7.40. The van der Waals surface area contributed by atoms with Crippen molar-refractivity contribution in [2.24, 2.45) is 0 Å². The average molecular weight is 392 g/mol. The van der Waals surface area contributed by atoms with Gasteiger partial charge in [-0.1, -0.05) is 29.8 Å². The molecule has 8 heteroatoms. The van der Waals surface area contributed by atoms with Crippen LogP contribution in [-0.4, -0.2) is 12.8 Å². The molecule has 0 amide bonds. The zero-order valence-electron chi connectivity index (χ0n) is 13.9. The summed E-state index contributed by atoms with van der Waals surface area (Å²) < 4.78 is 57.8. The van der Waals surface area contributed by atoms with Crippen molar-refractivity contribution < 1.29 is 22.3 Å². The molecule has 0 radical (unpaired) electrons. The van der Waals surface area contributed by atoms with Gasteiger partial charge in [0.15, 0.2) is 6.10 Å². The zero-order valence-corrected chi connectivity index (χ0v) is 15.5. The fraction of sp³-hybridized carbons (Fsp3) is 0.294. The minimum atomic E-state index is -4.72. The van der Waals surface area contributed by atoms with E-state index in [0.29, 0.717) is 10.7 Å². The van der Waals surface area contributed by atoms with Gasteiger partial charge in [-0.3, -0.25) is 9.09 Å². The van der Waals surface area contributed by atoms with Crippen LogP contribution in [0.5, 0.6) is 0 Å². The predicted octanol–water partition coefficient (Wildman–Crippen LogP) is 6.51. The summed E-state index contributed by atoms with van der Waals surface area (Å²) in [6.45, 7) is 4.88. The number of hydrogen-bond acceptors (Lipinski definition) is 2. The lowest BCUT2D eigenvalue weighted by atomic mass is 10.1. The molecule has 136 valence electrons. The van der Waals surface area contributed by atoms with Crippen molar-refractivity contribution in [3.8, 4) is 0 Å². The van der Waals surface area contributed by atoms with Crippen LogP contribution in [0.1, 0.15) is 22.8 Å². The van der Waals surface area contributed by atoms with Gasteiger partial charge in [-0.05, 0) is 54.8 Å². The van der Waals surface area contributed by atoms with Crippen LogP contribution in [0.4, 0.5) is 18.9 Å². The van der Waals surface area contributed by atoms with Crippen LogP contribution in [0.2, 0.25) is 5.02 Å². The molecule has 2 aromatic rings. The Morgan fingerprint density at radius 3 is 2.20 bits per heavy atom. The Kier molecular flexibility index (Phi) is 5.87. The molecule has 0 bridgehead atoms. The Morgan fingerprint density at radius 2 is 1.68 bits per heavy atom. The van der Waals surface area contributed by atoms with Crippen molar-refractivity contribution in [3.63, 3.8) is 0 Å². The van der Waals surface area contributed by atoms with Crippen LogP contribution < -0.4 is 5.09 Å². The summed E-state index contributed by atoms with van der Waals surface area (Å²) >= 11 is 5.71. The zero-order chi connectivity index (χ0) is 18.8. The van der Waals surface area contributed by atoms with E-state index < -0.39 is 19.8 Å². The van der Waals surface area contributed by atoms with E-state index >= 15 is 0 Å². The maximum Gasteiger partial charge on any atom is 0.419 e. The van der Waals surface area contributed by atoms with E-state index in [1.807, 2.05) is 13.8 Å². The molecule has 3 nitrogen and oxygen atoms in total. The molecule has 0 fully saturated rings. The SMILES string of the molecule is Cc1ccc(N[P@@](C)(=O)O[C@H](c2ccc(Cl)cc2)C(F)(F)F)cc1C. The van der Waals surface area contributed by atoms with Gasteiger partial charge in [-0.25, -0.2) is 0 Å². The van der Waals surface area contributed by atoms with Gasteiger partial charge in [0, 0.05) is 17.4 Å². The summed E-state index contributed by atoms with van der Waals surface area (Å²) in [5.74, 6) is 0. The van der Waals surface area contributed by atoms with Gasteiger partial charge in [0.25, 0.3) is 7.52 Å². The Hall–Kier alpha value is -1.49. The first kappa shape index (κ1) is 19.8. The molecular formula is C17H18ClF3NO2P. The van der Waals surface area contributed by atoms with Crippen molar-refractivity contribution in [3.05, 3.63) is 64.2 Å². The Bertz CT molecular complexity index is 793. The molecule has 0 aliphatic carbocycles. The van der Waals surface area contributed by atoms with Crippen LogP contribution in [0, 0.1) is 13.8 Å². The van der Waals surface area contributed by atoms with Crippen molar-refractivity contribution >= 4 is 24.8 Å². The van der Waals surface area contributed by atoms with Crippen LogP contribution in [0.15, 0.2) is 42.5 Å². The van der Waals surface area contributed by atoms with E-state index in [1.54, 1.807) is 18.2 Å². The first-order valence-corrected chi connectivity index (χ1v) is 9.86. The number of hydrogen-bond donors (Lipinski definition) is 1. The molecule has 0 spiro atoms. The van der Waals surface area contributed by atoms with Gasteiger partial charge < -0.3 is 5.09 Å². The van der Waals surface area contributed by atoms with Crippen LogP contribution in [0.25, 0.3) is 0 Å². The summed E-state index contributed by atoms with van der Waals surface area (Å²) in [6.07, 6.45) is -7.04. The number of anilines is 1. The molecule has 0 unspecified atom stereocenters. The molecule has 0 saturated carbocycles. The molecule has 0 heterocycles. The maximum absolute atomic E-state index is 13.4. The average Bonchev–Trinajstić information content (AvgIpc) is 2.48. The quantitative estimate of drug-likeness (QED) is 0.590. The number of benzene rings is 2. The summed E-state index contributed by atoms with van der Waals surface area (Å²) in [5, 5.41) is 2.88. The molecule has 25 heavy (non-hydrogen) atoms. The van der Waals surface area contributed by atoms with E-state index in [2.05, 4.69) is 5.09 Å². The summed E-state index contributed by atoms with van der Waals surface area (Å²) in [7, 11) is -3.78. The van der Waals surface area contributed by atoms with Crippen molar-refractivity contribution in [1.29, 1.82) is 0 Å². The Morgan fingerprint density at radius 1 is 1.08 bits per heavy atom. The van der Waals surface area contributed by atoms with Crippen LogP contribution in [0.3, 0.4) is 0 Å². The highest BCUT2D eigenvalue weighted by Gasteiger charge is 2.45. The minimum absolute atomic E-state index is 0.166. The number of nitrogens with one attached hydrogen (secondary N) is 1. The monoisotopic (exact) mass is 391 g/mol. The number of alkyl halides is 3. The summed E-state index contributed by atoms with van der Waals surface area (Å²) in [4.78, 5) is 0. The molecule has 0 aromatic heterocycles. The van der Waals surface area contributed by atoms with E-state index in [-0.39, 0.29) is 5.56 Å². The Labute approximate surface area is 149 Å². The van der Waals surface area contributed by atoms with Crippen LogP contribution in [-0.2, 0) is 9.09 Å². The third-order valence-corrected chi connectivity index (χ3v) is 5.15. The number of aryl methyl sites for hydroxylation is 2. The highest BCUT2D eigenvalue weighted by atomic mass is 35.5. The van der Waals surface area contributed by atoms with Gasteiger partial charge >= 0.3 is 6.18 Å². The Balaban J connectivity index is 2.25. The van der Waals surface area contributed by atoms with Gasteiger partial charge in [-0.2, -0.15) is 13.2 Å². The third-order valence-electron chi connectivity index (χ3n) is 3.62. The molecule has 2 rings (SSSR count). The predicted molar refractivity (Wildman–Crippen MR) is 94.4 cm³/mol. The number of rotatable bonds is 5. The minimum Gasteiger partial charge on any atom is -0.316 e. The van der Waals surface area contributed by atoms with Gasteiger partial charge in [0.2, 0.25) is 0 Å². The van der Waals surface area contributed by atoms with Crippen molar-refractivity contribution in [2.75, 3.05) is 11.8 Å². The first-order valence-electron chi connectivity index (χ1n) is 7.41. The fourth-order valence-electron chi connectivity index (χ4n) is 2.22. The molecule has 1 N–H and O–H groups in total. The van der Waals surface area contributed by atoms with E-state index in [4.69, 9.17) is 16.1 Å². The standard InChI is InChI=1S/C17H18ClF3NO2P/c1-11-4-9-15(10-12(11)2)22-25(3,23)24-16(17(19,20)21)13-5-7-14(18)8-6-13/h4-10,16H,1-3H3,(H,22,23)/t16-,25+/m1/s1. The van der Waals surface area contributed by atoms with Crippen molar-refractivity contribution in [2.45, 2.75) is 26.1 Å². The first-order chi connectivity index (χ1) is 11.5. The summed E-state index contributed by atoms with van der Waals surface area (Å²) in [5.41, 5.74) is 2.22. The largest absolute Gasteiger partial charge is 0.419 e. The van der Waals surface area contributed by atoms with Crippen molar-refractivity contribution in [1.82, 2.24) is 0 Å². The fourth-order valence-corrected chi connectivity index (χ4v) is 3.65. The van der Waals surface area contributed by atoms with E-state index in [1.165, 1.54) is 24.3 Å². The normalized spacial score (nSPS) is 15.5.